The average molecular weight is 469 g/mol. The van der Waals surface area contributed by atoms with Crippen molar-refractivity contribution in [3.05, 3.63) is 108 Å². The molecule has 0 aliphatic heterocycles. The van der Waals surface area contributed by atoms with E-state index in [0.717, 1.165) is 17.6 Å². The minimum absolute atomic E-state index is 0.109. The molecule has 0 fully saturated rings. The van der Waals surface area contributed by atoms with Crippen LogP contribution in [0.5, 0.6) is 0 Å². The third-order valence-electron chi connectivity index (χ3n) is 5.10. The molecule has 0 unspecified atom stereocenters. The van der Waals surface area contributed by atoms with Crippen molar-refractivity contribution >= 4 is 22.3 Å². The van der Waals surface area contributed by atoms with E-state index in [1.807, 2.05) is 12.1 Å². The SMILES string of the molecule is Cn1cc(C(F)F)c2ccccc21.Fc1cc(-c2ccccc2[N-]c2cn[nH]c2)cc(F)c1F. The Balaban J connectivity index is 0.000000180. The lowest BCUT2D eigenvalue weighted by Crippen LogP contribution is -1.92. The second-order valence-electron chi connectivity index (χ2n) is 7.35. The van der Waals surface area contributed by atoms with Crippen LogP contribution in [0.25, 0.3) is 27.3 Å². The highest BCUT2D eigenvalue weighted by molar-refractivity contribution is 5.84. The zero-order valence-corrected chi connectivity index (χ0v) is 17.8. The summed E-state index contributed by atoms with van der Waals surface area (Å²) in [4.78, 5) is 0. The Hall–Kier alpha value is -4.14. The predicted molar refractivity (Wildman–Crippen MR) is 121 cm³/mol. The van der Waals surface area contributed by atoms with Crippen LogP contribution in [0.4, 0.5) is 33.3 Å². The van der Waals surface area contributed by atoms with E-state index < -0.39 is 23.9 Å². The summed E-state index contributed by atoms with van der Waals surface area (Å²) in [5.41, 5.74) is 2.75. The van der Waals surface area contributed by atoms with Crippen molar-refractivity contribution in [3.63, 3.8) is 0 Å². The molecule has 4 nitrogen and oxygen atoms in total. The van der Waals surface area contributed by atoms with Gasteiger partial charge >= 0.3 is 0 Å². The Kier molecular flexibility index (Phi) is 6.62. The number of H-pyrrole nitrogens is 1. The minimum atomic E-state index is -2.40. The number of aromatic amines is 1. The summed E-state index contributed by atoms with van der Waals surface area (Å²) >= 11 is 0. The van der Waals surface area contributed by atoms with Crippen LogP contribution in [0.2, 0.25) is 0 Å². The molecule has 5 rings (SSSR count). The van der Waals surface area contributed by atoms with Gasteiger partial charge in [-0.1, -0.05) is 48.2 Å². The number of benzene rings is 3. The summed E-state index contributed by atoms with van der Waals surface area (Å²) in [6, 6.07) is 15.9. The molecule has 0 saturated heterocycles. The Labute approximate surface area is 191 Å². The first kappa shape index (κ1) is 23.0. The van der Waals surface area contributed by atoms with Gasteiger partial charge in [0.2, 0.25) is 0 Å². The van der Waals surface area contributed by atoms with Crippen LogP contribution in [0.1, 0.15) is 12.0 Å². The summed E-state index contributed by atoms with van der Waals surface area (Å²) in [5.74, 6) is -3.95. The summed E-state index contributed by atoms with van der Waals surface area (Å²) in [7, 11) is 1.77. The zero-order chi connectivity index (χ0) is 24.2. The first-order valence-corrected chi connectivity index (χ1v) is 10.1. The summed E-state index contributed by atoms with van der Waals surface area (Å²) in [6.45, 7) is 0. The van der Waals surface area contributed by atoms with Crippen molar-refractivity contribution in [3.8, 4) is 11.1 Å². The molecule has 2 heterocycles. The standard InChI is InChI=1S/C15H9F3N3.C10H9F2N/c16-12-5-9(6-13(17)15(12)18)11-3-1-2-4-14(11)21-10-7-19-20-8-10;1-13-6-8(10(11)12)7-4-2-3-5-9(7)13/h1-8H,(H,19,20);2-6,10H,1H3/q-1;. The molecule has 0 aliphatic carbocycles. The number of fused-ring (bicyclic) bond motifs is 1. The van der Waals surface area contributed by atoms with Gasteiger partial charge in [0.25, 0.3) is 6.43 Å². The van der Waals surface area contributed by atoms with Gasteiger partial charge in [-0.2, -0.15) is 5.10 Å². The minimum Gasteiger partial charge on any atom is -0.655 e. The van der Waals surface area contributed by atoms with Gasteiger partial charge in [0.1, 0.15) is 0 Å². The summed E-state index contributed by atoms with van der Waals surface area (Å²) in [5, 5.41) is 11.4. The molecule has 0 saturated carbocycles. The molecule has 5 aromatic rings. The molecule has 0 radical (unpaired) electrons. The quantitative estimate of drug-likeness (QED) is 0.211. The maximum absolute atomic E-state index is 13.4. The molecule has 0 aliphatic rings. The number of hydrogen-bond donors (Lipinski definition) is 1. The predicted octanol–water partition coefficient (Wildman–Crippen LogP) is 7.95. The topological polar surface area (TPSA) is 47.7 Å². The lowest BCUT2D eigenvalue weighted by Gasteiger charge is -2.23. The number of alkyl halides is 2. The molecule has 0 spiro atoms. The van der Waals surface area contributed by atoms with Crippen LogP contribution in [0.3, 0.4) is 0 Å². The number of nitrogens with one attached hydrogen (secondary N) is 1. The van der Waals surface area contributed by atoms with E-state index in [1.165, 1.54) is 12.4 Å². The maximum atomic E-state index is 13.4. The van der Waals surface area contributed by atoms with Gasteiger partial charge in [-0.05, 0) is 29.3 Å². The van der Waals surface area contributed by atoms with E-state index in [-0.39, 0.29) is 11.1 Å². The molecule has 0 bridgehead atoms. The van der Waals surface area contributed by atoms with E-state index in [1.54, 1.807) is 54.2 Å². The number of para-hydroxylation sites is 2. The summed E-state index contributed by atoms with van der Waals surface area (Å²) in [6.07, 6.45) is 2.19. The normalized spacial score (nSPS) is 10.9. The van der Waals surface area contributed by atoms with Crippen molar-refractivity contribution in [2.75, 3.05) is 0 Å². The highest BCUT2D eigenvalue weighted by Gasteiger charge is 2.14. The van der Waals surface area contributed by atoms with E-state index in [4.69, 9.17) is 0 Å². The molecule has 0 atom stereocenters. The van der Waals surface area contributed by atoms with Crippen LogP contribution in [-0.4, -0.2) is 14.8 Å². The summed E-state index contributed by atoms with van der Waals surface area (Å²) < 4.78 is 66.5. The largest absolute Gasteiger partial charge is 0.655 e. The van der Waals surface area contributed by atoms with Gasteiger partial charge < -0.3 is 9.88 Å². The maximum Gasteiger partial charge on any atom is 0.265 e. The molecule has 34 heavy (non-hydrogen) atoms. The van der Waals surface area contributed by atoms with E-state index in [0.29, 0.717) is 22.3 Å². The number of halogens is 5. The number of aryl methyl sites for hydroxylation is 1. The van der Waals surface area contributed by atoms with Gasteiger partial charge in [0.05, 0.1) is 0 Å². The third kappa shape index (κ3) is 4.78. The smallest absolute Gasteiger partial charge is 0.265 e. The highest BCUT2D eigenvalue weighted by Crippen LogP contribution is 2.38. The number of nitrogens with zero attached hydrogens (tertiary/aromatic N) is 3. The third-order valence-corrected chi connectivity index (χ3v) is 5.10. The van der Waals surface area contributed by atoms with Gasteiger partial charge in [0, 0.05) is 42.1 Å². The Morgan fingerprint density at radius 2 is 1.62 bits per heavy atom. The fourth-order valence-electron chi connectivity index (χ4n) is 3.52. The monoisotopic (exact) mass is 469 g/mol. The van der Waals surface area contributed by atoms with E-state index >= 15 is 0 Å². The molecule has 3 aromatic carbocycles. The molecular weight excluding hydrogens is 451 g/mol. The van der Waals surface area contributed by atoms with Crippen LogP contribution in [-0.2, 0) is 7.05 Å². The molecule has 0 amide bonds. The average Bonchev–Trinajstić information content (AvgIpc) is 3.46. The Bertz CT molecular complexity index is 1390. The fraction of sp³-hybridized carbons (Fsp3) is 0.0800. The second-order valence-corrected chi connectivity index (χ2v) is 7.35. The Morgan fingerprint density at radius 1 is 0.941 bits per heavy atom. The van der Waals surface area contributed by atoms with Crippen molar-refractivity contribution < 1.29 is 22.0 Å². The van der Waals surface area contributed by atoms with Crippen molar-refractivity contribution in [2.45, 2.75) is 6.43 Å². The lowest BCUT2D eigenvalue weighted by atomic mass is 10.0. The molecule has 174 valence electrons. The lowest BCUT2D eigenvalue weighted by molar-refractivity contribution is 0.153. The van der Waals surface area contributed by atoms with Crippen molar-refractivity contribution in [1.29, 1.82) is 0 Å². The number of hydrogen-bond acceptors (Lipinski definition) is 1. The van der Waals surface area contributed by atoms with Gasteiger partial charge in [0.15, 0.2) is 17.5 Å². The zero-order valence-electron chi connectivity index (χ0n) is 17.8. The van der Waals surface area contributed by atoms with Crippen LogP contribution >= 0.6 is 0 Å². The molecular formula is C25H18F5N4-. The molecule has 1 N–H and O–H groups in total. The van der Waals surface area contributed by atoms with E-state index in [9.17, 15) is 22.0 Å². The van der Waals surface area contributed by atoms with Crippen molar-refractivity contribution in [2.24, 2.45) is 7.05 Å². The first-order valence-electron chi connectivity index (χ1n) is 10.1. The van der Waals surface area contributed by atoms with Crippen LogP contribution in [0.15, 0.2) is 79.3 Å². The number of rotatable bonds is 4. The molecule has 9 heteroatoms. The first-order chi connectivity index (χ1) is 16.3. The van der Waals surface area contributed by atoms with Crippen molar-refractivity contribution in [1.82, 2.24) is 14.8 Å². The second kappa shape index (κ2) is 9.78. The van der Waals surface area contributed by atoms with Gasteiger partial charge in [-0.3, -0.25) is 5.10 Å². The fourth-order valence-corrected chi connectivity index (χ4v) is 3.52. The van der Waals surface area contributed by atoms with Crippen LogP contribution < -0.4 is 0 Å². The van der Waals surface area contributed by atoms with Gasteiger partial charge in [-0.15, -0.1) is 5.69 Å². The number of aromatic nitrogens is 3. The Morgan fingerprint density at radius 3 is 2.29 bits per heavy atom. The van der Waals surface area contributed by atoms with Gasteiger partial charge in [-0.25, -0.2) is 22.0 Å². The highest BCUT2D eigenvalue weighted by atomic mass is 19.3. The van der Waals surface area contributed by atoms with E-state index in [2.05, 4.69) is 15.5 Å². The molecule has 2 aromatic heterocycles. The van der Waals surface area contributed by atoms with Crippen LogP contribution in [0, 0.1) is 17.5 Å².